The molecule has 0 aliphatic heterocycles. The molecule has 96 valence electrons. The molecule has 1 aromatic heterocycles. The standard InChI is InChI=1S/C13H22N2OS/c1-4-11-7-14-13(17-11)9(2)15-12(8-16-3)10-5-6-10/h7,9-10,12,15H,4-6,8H2,1-3H3. The van der Waals surface area contributed by atoms with Crippen molar-refractivity contribution in [2.24, 2.45) is 5.92 Å². The Kier molecular flexibility index (Phi) is 4.54. The van der Waals surface area contributed by atoms with Crippen LogP contribution in [0, 0.1) is 5.92 Å². The molecule has 2 atom stereocenters. The maximum absolute atomic E-state index is 5.29. The van der Waals surface area contributed by atoms with Crippen LogP contribution in [0.4, 0.5) is 0 Å². The van der Waals surface area contributed by atoms with Crippen LogP contribution in [-0.4, -0.2) is 24.7 Å². The molecule has 1 aliphatic rings. The van der Waals surface area contributed by atoms with Crippen molar-refractivity contribution >= 4 is 11.3 Å². The van der Waals surface area contributed by atoms with Gasteiger partial charge in [0.05, 0.1) is 12.6 Å². The molecule has 1 fully saturated rings. The quantitative estimate of drug-likeness (QED) is 0.812. The number of methoxy groups -OCH3 is 1. The number of nitrogens with zero attached hydrogens (tertiary/aromatic N) is 1. The fourth-order valence-electron chi connectivity index (χ4n) is 2.08. The van der Waals surface area contributed by atoms with Gasteiger partial charge in [-0.1, -0.05) is 6.92 Å². The predicted molar refractivity (Wildman–Crippen MR) is 71.4 cm³/mol. The minimum atomic E-state index is 0.334. The lowest BCUT2D eigenvalue weighted by Gasteiger charge is -2.21. The Bertz CT molecular complexity index is 349. The molecule has 3 nitrogen and oxygen atoms in total. The van der Waals surface area contributed by atoms with Gasteiger partial charge in [0, 0.05) is 24.2 Å². The molecule has 0 bridgehead atoms. The molecule has 0 radical (unpaired) electrons. The van der Waals surface area contributed by atoms with E-state index >= 15 is 0 Å². The van der Waals surface area contributed by atoms with E-state index in [4.69, 9.17) is 4.74 Å². The lowest BCUT2D eigenvalue weighted by molar-refractivity contribution is 0.152. The van der Waals surface area contributed by atoms with Gasteiger partial charge in [0.2, 0.25) is 0 Å². The fourth-order valence-corrected chi connectivity index (χ4v) is 2.95. The van der Waals surface area contributed by atoms with Gasteiger partial charge < -0.3 is 10.1 Å². The van der Waals surface area contributed by atoms with Crippen LogP contribution in [0.2, 0.25) is 0 Å². The largest absolute Gasteiger partial charge is 0.383 e. The van der Waals surface area contributed by atoms with Gasteiger partial charge in [-0.15, -0.1) is 11.3 Å². The predicted octanol–water partition coefficient (Wildman–Crippen LogP) is 2.78. The van der Waals surface area contributed by atoms with E-state index in [0.717, 1.165) is 18.9 Å². The van der Waals surface area contributed by atoms with Crippen molar-refractivity contribution < 1.29 is 4.74 Å². The number of rotatable bonds is 7. The topological polar surface area (TPSA) is 34.2 Å². The summed E-state index contributed by atoms with van der Waals surface area (Å²) in [4.78, 5) is 5.86. The third-order valence-electron chi connectivity index (χ3n) is 3.29. The van der Waals surface area contributed by atoms with Crippen molar-refractivity contribution in [3.05, 3.63) is 16.1 Å². The summed E-state index contributed by atoms with van der Waals surface area (Å²) in [5.74, 6) is 0.808. The second-order valence-electron chi connectivity index (χ2n) is 4.81. The zero-order chi connectivity index (χ0) is 12.3. The normalized spacial score (nSPS) is 19.2. The van der Waals surface area contributed by atoms with E-state index in [1.54, 1.807) is 7.11 Å². The van der Waals surface area contributed by atoms with Gasteiger partial charge in [-0.05, 0) is 32.1 Å². The Morgan fingerprint density at radius 3 is 2.88 bits per heavy atom. The highest BCUT2D eigenvalue weighted by molar-refractivity contribution is 7.11. The monoisotopic (exact) mass is 254 g/mol. The van der Waals surface area contributed by atoms with E-state index in [-0.39, 0.29) is 0 Å². The van der Waals surface area contributed by atoms with Crippen molar-refractivity contribution in [3.8, 4) is 0 Å². The number of ether oxygens (including phenoxy) is 1. The van der Waals surface area contributed by atoms with E-state index in [9.17, 15) is 0 Å². The maximum Gasteiger partial charge on any atom is 0.109 e. The number of aryl methyl sites for hydroxylation is 1. The van der Waals surface area contributed by atoms with Gasteiger partial charge in [0.25, 0.3) is 0 Å². The lowest BCUT2D eigenvalue weighted by atomic mass is 10.1. The number of thiazole rings is 1. The molecule has 1 aliphatic carbocycles. The molecule has 1 aromatic rings. The maximum atomic E-state index is 5.29. The Labute approximate surface area is 108 Å². The zero-order valence-electron chi connectivity index (χ0n) is 10.9. The van der Waals surface area contributed by atoms with E-state index in [2.05, 4.69) is 24.1 Å². The Balaban J connectivity index is 1.91. The molecule has 0 amide bonds. The molecule has 1 saturated carbocycles. The first kappa shape index (κ1) is 13.0. The highest BCUT2D eigenvalue weighted by atomic mass is 32.1. The van der Waals surface area contributed by atoms with E-state index in [0.29, 0.717) is 12.1 Å². The summed E-state index contributed by atoms with van der Waals surface area (Å²) in [5, 5.41) is 4.85. The molecule has 0 saturated heterocycles. The first-order valence-electron chi connectivity index (χ1n) is 6.44. The van der Waals surface area contributed by atoms with Crippen molar-refractivity contribution in [1.82, 2.24) is 10.3 Å². The van der Waals surface area contributed by atoms with Gasteiger partial charge in [0.1, 0.15) is 5.01 Å². The van der Waals surface area contributed by atoms with Crippen LogP contribution in [-0.2, 0) is 11.2 Å². The summed E-state index contributed by atoms with van der Waals surface area (Å²) in [6.45, 7) is 5.18. The smallest absolute Gasteiger partial charge is 0.109 e. The number of aromatic nitrogens is 1. The second kappa shape index (κ2) is 5.94. The van der Waals surface area contributed by atoms with Crippen LogP contribution in [0.25, 0.3) is 0 Å². The SMILES string of the molecule is CCc1cnc(C(C)NC(COC)C2CC2)s1. The molecule has 0 spiro atoms. The highest BCUT2D eigenvalue weighted by Crippen LogP contribution is 2.34. The molecule has 17 heavy (non-hydrogen) atoms. The van der Waals surface area contributed by atoms with Gasteiger partial charge >= 0.3 is 0 Å². The van der Waals surface area contributed by atoms with Crippen LogP contribution < -0.4 is 5.32 Å². The van der Waals surface area contributed by atoms with Crippen molar-refractivity contribution in [3.63, 3.8) is 0 Å². The van der Waals surface area contributed by atoms with E-state index < -0.39 is 0 Å². The first-order valence-corrected chi connectivity index (χ1v) is 7.25. The van der Waals surface area contributed by atoms with Crippen LogP contribution >= 0.6 is 11.3 Å². The third-order valence-corrected chi connectivity index (χ3v) is 4.62. The minimum Gasteiger partial charge on any atom is -0.383 e. The number of hydrogen-bond acceptors (Lipinski definition) is 4. The molecule has 4 heteroatoms. The van der Waals surface area contributed by atoms with Crippen molar-refractivity contribution in [1.29, 1.82) is 0 Å². The van der Waals surface area contributed by atoms with Crippen LogP contribution in [0.3, 0.4) is 0 Å². The summed E-state index contributed by atoms with van der Waals surface area (Å²) >= 11 is 1.82. The molecule has 1 N–H and O–H groups in total. The first-order chi connectivity index (χ1) is 8.24. The zero-order valence-corrected chi connectivity index (χ0v) is 11.7. The molecular formula is C13H22N2OS. The summed E-state index contributed by atoms with van der Waals surface area (Å²) in [7, 11) is 1.78. The Morgan fingerprint density at radius 1 is 1.59 bits per heavy atom. The van der Waals surface area contributed by atoms with Gasteiger partial charge in [-0.2, -0.15) is 0 Å². The van der Waals surface area contributed by atoms with Crippen molar-refractivity contribution in [2.45, 2.75) is 45.2 Å². The fraction of sp³-hybridized carbons (Fsp3) is 0.769. The molecule has 1 heterocycles. The summed E-state index contributed by atoms with van der Waals surface area (Å²) in [5.41, 5.74) is 0. The summed E-state index contributed by atoms with van der Waals surface area (Å²) in [6.07, 6.45) is 5.76. The number of hydrogen-bond donors (Lipinski definition) is 1. The molecule has 2 rings (SSSR count). The van der Waals surface area contributed by atoms with Gasteiger partial charge in [-0.25, -0.2) is 4.98 Å². The van der Waals surface area contributed by atoms with Crippen molar-refractivity contribution in [2.75, 3.05) is 13.7 Å². The van der Waals surface area contributed by atoms with Crippen LogP contribution in [0.15, 0.2) is 6.20 Å². The average Bonchev–Trinajstić information content (AvgIpc) is 3.06. The molecule has 2 unspecified atom stereocenters. The highest BCUT2D eigenvalue weighted by Gasteiger charge is 2.32. The van der Waals surface area contributed by atoms with E-state index in [1.807, 2.05) is 17.5 Å². The Hall–Kier alpha value is -0.450. The van der Waals surface area contributed by atoms with E-state index in [1.165, 1.54) is 22.7 Å². The van der Waals surface area contributed by atoms with Gasteiger partial charge in [0.15, 0.2) is 0 Å². The van der Waals surface area contributed by atoms with Crippen LogP contribution in [0.1, 0.15) is 42.6 Å². The third kappa shape index (κ3) is 3.50. The van der Waals surface area contributed by atoms with Gasteiger partial charge in [-0.3, -0.25) is 0 Å². The Morgan fingerprint density at radius 2 is 2.35 bits per heavy atom. The van der Waals surface area contributed by atoms with Crippen LogP contribution in [0.5, 0.6) is 0 Å². The number of nitrogens with one attached hydrogen (secondary N) is 1. The minimum absolute atomic E-state index is 0.334. The lowest BCUT2D eigenvalue weighted by Crippen LogP contribution is -2.36. The second-order valence-corrected chi connectivity index (χ2v) is 5.95. The summed E-state index contributed by atoms with van der Waals surface area (Å²) < 4.78 is 5.29. The molecule has 0 aromatic carbocycles. The average molecular weight is 254 g/mol. The summed E-state index contributed by atoms with van der Waals surface area (Å²) in [6, 6.07) is 0.824. The molecular weight excluding hydrogens is 232 g/mol.